The Hall–Kier alpha value is -2.15. The van der Waals surface area contributed by atoms with Crippen molar-refractivity contribution in [2.24, 2.45) is 5.73 Å². The van der Waals surface area contributed by atoms with Crippen molar-refractivity contribution in [1.82, 2.24) is 4.90 Å². The second kappa shape index (κ2) is 6.14. The molecule has 0 aromatic heterocycles. The summed E-state index contributed by atoms with van der Waals surface area (Å²) in [6.07, 6.45) is 0. The van der Waals surface area contributed by atoms with E-state index in [1.54, 1.807) is 17.0 Å². The van der Waals surface area contributed by atoms with Crippen molar-refractivity contribution in [3.8, 4) is 0 Å². The Morgan fingerprint density at radius 2 is 2.11 bits per heavy atom. The van der Waals surface area contributed by atoms with Crippen LogP contribution in [0.2, 0.25) is 0 Å². The number of anilines is 1. The largest absolute Gasteiger partial charge is 0.393 e. The van der Waals surface area contributed by atoms with Crippen molar-refractivity contribution in [2.75, 3.05) is 12.3 Å². The minimum Gasteiger partial charge on any atom is -0.393 e. The number of amides is 1. The molecule has 0 bridgehead atoms. The molecule has 0 saturated carbocycles. The lowest BCUT2D eigenvalue weighted by atomic mass is 10.1. The van der Waals surface area contributed by atoms with E-state index in [0.717, 1.165) is 0 Å². The van der Waals surface area contributed by atoms with Crippen LogP contribution in [0.5, 0.6) is 0 Å². The van der Waals surface area contributed by atoms with Gasteiger partial charge in [-0.1, -0.05) is 12.1 Å². The van der Waals surface area contributed by atoms with Gasteiger partial charge in [-0.25, -0.2) is 0 Å². The van der Waals surface area contributed by atoms with Crippen molar-refractivity contribution in [1.29, 1.82) is 0 Å². The average Bonchev–Trinajstić information content (AvgIpc) is 2.29. The number of nitrogens with zero attached hydrogens (tertiary/aromatic N) is 2. The maximum Gasteiger partial charge on any atom is 0.292 e. The van der Waals surface area contributed by atoms with E-state index in [9.17, 15) is 14.9 Å². The van der Waals surface area contributed by atoms with Crippen LogP contribution in [-0.2, 0) is 11.3 Å². The predicted molar refractivity (Wildman–Crippen MR) is 72.2 cm³/mol. The number of hydrogen-bond donors (Lipinski definition) is 2. The maximum atomic E-state index is 11.0. The molecule has 7 heteroatoms. The summed E-state index contributed by atoms with van der Waals surface area (Å²) in [7, 11) is 0. The van der Waals surface area contributed by atoms with Crippen molar-refractivity contribution in [2.45, 2.75) is 26.4 Å². The molecule has 1 aromatic rings. The third-order valence-corrected chi connectivity index (χ3v) is 2.83. The fraction of sp³-hybridized carbons (Fsp3) is 0.417. The molecule has 0 heterocycles. The van der Waals surface area contributed by atoms with E-state index in [0.29, 0.717) is 12.1 Å². The summed E-state index contributed by atoms with van der Waals surface area (Å²) in [4.78, 5) is 23.1. The Kier molecular flexibility index (Phi) is 4.82. The van der Waals surface area contributed by atoms with Gasteiger partial charge in [0.25, 0.3) is 5.69 Å². The van der Waals surface area contributed by atoms with Gasteiger partial charge in [-0.15, -0.1) is 0 Å². The lowest BCUT2D eigenvalue weighted by Gasteiger charge is -2.25. The molecule has 1 aromatic carbocycles. The summed E-state index contributed by atoms with van der Waals surface area (Å²) in [5.74, 6) is -0.447. The highest BCUT2D eigenvalue weighted by atomic mass is 16.6. The quantitative estimate of drug-likeness (QED) is 0.450. The first kappa shape index (κ1) is 14.9. The third-order valence-electron chi connectivity index (χ3n) is 2.83. The zero-order valence-electron chi connectivity index (χ0n) is 11.0. The Labute approximate surface area is 111 Å². The van der Waals surface area contributed by atoms with E-state index in [2.05, 4.69) is 0 Å². The first-order chi connectivity index (χ1) is 8.82. The fourth-order valence-corrected chi connectivity index (χ4v) is 1.74. The first-order valence-corrected chi connectivity index (χ1v) is 5.87. The van der Waals surface area contributed by atoms with Crippen LogP contribution in [0.4, 0.5) is 11.4 Å². The van der Waals surface area contributed by atoms with Gasteiger partial charge in [0.05, 0.1) is 11.5 Å². The van der Waals surface area contributed by atoms with Crippen LogP contribution in [0, 0.1) is 10.1 Å². The molecule has 0 fully saturated rings. The highest BCUT2D eigenvalue weighted by Gasteiger charge is 2.18. The first-order valence-electron chi connectivity index (χ1n) is 5.87. The van der Waals surface area contributed by atoms with Crippen LogP contribution in [0.25, 0.3) is 0 Å². The molecule has 1 rings (SSSR count). The van der Waals surface area contributed by atoms with Crippen molar-refractivity contribution < 1.29 is 9.72 Å². The average molecular weight is 266 g/mol. The van der Waals surface area contributed by atoms with Gasteiger partial charge in [-0.05, 0) is 19.4 Å². The number of nitrogen functional groups attached to an aromatic ring is 1. The molecule has 0 aliphatic carbocycles. The molecule has 0 spiro atoms. The van der Waals surface area contributed by atoms with E-state index in [-0.39, 0.29) is 24.0 Å². The second-order valence-corrected chi connectivity index (χ2v) is 4.57. The number of para-hydroxylation sites is 1. The summed E-state index contributed by atoms with van der Waals surface area (Å²) >= 11 is 0. The van der Waals surface area contributed by atoms with Crippen LogP contribution in [0.15, 0.2) is 18.2 Å². The highest BCUT2D eigenvalue weighted by molar-refractivity contribution is 5.76. The SMILES string of the molecule is CC(C)N(CC(N)=O)Cc1cccc([N+](=O)[O-])c1N. The number of benzene rings is 1. The van der Waals surface area contributed by atoms with E-state index in [4.69, 9.17) is 11.5 Å². The van der Waals surface area contributed by atoms with E-state index >= 15 is 0 Å². The molecule has 1 amide bonds. The van der Waals surface area contributed by atoms with Crippen molar-refractivity contribution in [3.63, 3.8) is 0 Å². The molecule has 0 saturated heterocycles. The molecule has 0 aliphatic heterocycles. The molecule has 0 aliphatic rings. The predicted octanol–water partition coefficient (Wildman–Crippen LogP) is 0.873. The number of carbonyl (C=O) groups is 1. The number of nitro benzene ring substituents is 1. The lowest BCUT2D eigenvalue weighted by Crippen LogP contribution is -2.38. The molecule has 104 valence electrons. The molecular formula is C12H18N4O3. The van der Waals surface area contributed by atoms with Gasteiger partial charge < -0.3 is 11.5 Å². The zero-order chi connectivity index (χ0) is 14.6. The number of nitrogens with two attached hydrogens (primary N) is 2. The summed E-state index contributed by atoms with van der Waals surface area (Å²) in [6.45, 7) is 4.25. The van der Waals surface area contributed by atoms with Gasteiger partial charge in [-0.3, -0.25) is 19.8 Å². The number of carbonyl (C=O) groups excluding carboxylic acids is 1. The Balaban J connectivity index is 3.00. The Morgan fingerprint density at radius 3 is 2.58 bits per heavy atom. The normalized spacial score (nSPS) is 10.9. The Bertz CT molecular complexity index is 488. The number of rotatable bonds is 6. The van der Waals surface area contributed by atoms with Gasteiger partial charge in [0.1, 0.15) is 5.69 Å². The van der Waals surface area contributed by atoms with Gasteiger partial charge in [0.15, 0.2) is 0 Å². The number of hydrogen-bond acceptors (Lipinski definition) is 5. The minimum atomic E-state index is -0.521. The lowest BCUT2D eigenvalue weighted by molar-refractivity contribution is -0.384. The summed E-state index contributed by atoms with van der Waals surface area (Å²) in [5, 5.41) is 10.8. The summed E-state index contributed by atoms with van der Waals surface area (Å²) in [6, 6.07) is 4.71. The smallest absolute Gasteiger partial charge is 0.292 e. The van der Waals surface area contributed by atoms with Crippen LogP contribution in [0.1, 0.15) is 19.4 Å². The monoisotopic (exact) mass is 266 g/mol. The summed E-state index contributed by atoms with van der Waals surface area (Å²) < 4.78 is 0. The molecule has 0 atom stereocenters. The molecule has 7 nitrogen and oxygen atoms in total. The third kappa shape index (κ3) is 3.92. The maximum absolute atomic E-state index is 11.0. The Morgan fingerprint density at radius 1 is 1.47 bits per heavy atom. The molecule has 0 unspecified atom stereocenters. The van der Waals surface area contributed by atoms with Crippen LogP contribution in [0.3, 0.4) is 0 Å². The second-order valence-electron chi connectivity index (χ2n) is 4.57. The van der Waals surface area contributed by atoms with Crippen molar-refractivity contribution in [3.05, 3.63) is 33.9 Å². The van der Waals surface area contributed by atoms with Gasteiger partial charge in [0.2, 0.25) is 5.91 Å². The molecule has 19 heavy (non-hydrogen) atoms. The topological polar surface area (TPSA) is 115 Å². The van der Waals surface area contributed by atoms with Crippen LogP contribution in [-0.4, -0.2) is 28.3 Å². The van der Waals surface area contributed by atoms with Gasteiger partial charge in [-0.2, -0.15) is 0 Å². The minimum absolute atomic E-state index is 0.0752. The van der Waals surface area contributed by atoms with Crippen LogP contribution >= 0.6 is 0 Å². The van der Waals surface area contributed by atoms with Crippen molar-refractivity contribution >= 4 is 17.3 Å². The van der Waals surface area contributed by atoms with E-state index < -0.39 is 10.8 Å². The van der Waals surface area contributed by atoms with Crippen LogP contribution < -0.4 is 11.5 Å². The number of nitro groups is 1. The highest BCUT2D eigenvalue weighted by Crippen LogP contribution is 2.26. The molecule has 4 N–H and O–H groups in total. The fourth-order valence-electron chi connectivity index (χ4n) is 1.74. The molecule has 0 radical (unpaired) electrons. The van der Waals surface area contributed by atoms with E-state index in [1.807, 2.05) is 13.8 Å². The van der Waals surface area contributed by atoms with Gasteiger partial charge in [0, 0.05) is 18.7 Å². The summed E-state index contributed by atoms with van der Waals surface area (Å²) in [5.41, 5.74) is 11.6. The molecular weight excluding hydrogens is 248 g/mol. The standard InChI is InChI=1S/C12H18N4O3/c1-8(2)15(7-11(13)17)6-9-4-3-5-10(12(9)14)16(18)19/h3-5,8H,6-7,14H2,1-2H3,(H2,13,17). The van der Waals surface area contributed by atoms with Gasteiger partial charge >= 0.3 is 0 Å². The zero-order valence-corrected chi connectivity index (χ0v) is 11.0. The van der Waals surface area contributed by atoms with E-state index in [1.165, 1.54) is 6.07 Å². The number of primary amides is 1.